The minimum atomic E-state index is -3.53. The van der Waals surface area contributed by atoms with Crippen molar-refractivity contribution in [3.8, 4) is 0 Å². The van der Waals surface area contributed by atoms with Gasteiger partial charge in [-0.1, -0.05) is 13.8 Å². The fourth-order valence-corrected chi connectivity index (χ4v) is 2.87. The number of carbonyl (C=O) groups is 1. The summed E-state index contributed by atoms with van der Waals surface area (Å²) in [4.78, 5) is 11.8. The number of alkyl carbamates (subject to hydrolysis) is 1. The van der Waals surface area contributed by atoms with Gasteiger partial charge in [0.05, 0.1) is 12.4 Å². The molecule has 0 spiro atoms. The van der Waals surface area contributed by atoms with Crippen molar-refractivity contribution >= 4 is 16.2 Å². The lowest BCUT2D eigenvalue weighted by Crippen LogP contribution is -2.40. The number of hydrogen-bond donors (Lipinski definition) is 1. The summed E-state index contributed by atoms with van der Waals surface area (Å²) in [6, 6.07) is -0.255. The van der Waals surface area contributed by atoms with E-state index in [-0.39, 0.29) is 18.4 Å². The minimum absolute atomic E-state index is 0.117. The second kappa shape index (κ2) is 8.58. The van der Waals surface area contributed by atoms with Gasteiger partial charge in [0, 0.05) is 6.04 Å². The first-order chi connectivity index (χ1) is 9.45. The Bertz CT molecular complexity index is 412. The Morgan fingerprint density at radius 3 is 2.24 bits per heavy atom. The molecule has 0 aliphatic heterocycles. The number of hydrogen-bond acceptors (Lipinski definition) is 5. The van der Waals surface area contributed by atoms with Crippen LogP contribution in [-0.4, -0.2) is 38.5 Å². The Kier molecular flexibility index (Phi) is 8.25. The van der Waals surface area contributed by atoms with Gasteiger partial charge in [0.25, 0.3) is 10.1 Å². The quantitative estimate of drug-likeness (QED) is 0.695. The molecule has 1 amide bonds. The summed E-state index contributed by atoms with van der Waals surface area (Å²) in [5.41, 5.74) is -0.580. The molecule has 126 valence electrons. The number of carbonyl (C=O) groups excluding carboxylic acids is 1. The Balaban J connectivity index is 4.56. The van der Waals surface area contributed by atoms with Crippen LogP contribution in [0.15, 0.2) is 0 Å². The predicted molar refractivity (Wildman–Crippen MR) is 82.6 cm³/mol. The van der Waals surface area contributed by atoms with Gasteiger partial charge in [-0.2, -0.15) is 8.42 Å². The van der Waals surface area contributed by atoms with Crippen LogP contribution in [0.2, 0.25) is 0 Å². The second-order valence-electron chi connectivity index (χ2n) is 6.43. The molecule has 0 bridgehead atoms. The molecule has 0 saturated carbocycles. The van der Waals surface area contributed by atoms with Crippen LogP contribution in [-0.2, 0) is 19.0 Å². The fourth-order valence-electron chi connectivity index (χ4n) is 1.82. The largest absolute Gasteiger partial charge is 0.444 e. The smallest absolute Gasteiger partial charge is 0.407 e. The van der Waals surface area contributed by atoms with E-state index in [0.717, 1.165) is 0 Å². The van der Waals surface area contributed by atoms with Gasteiger partial charge >= 0.3 is 6.09 Å². The van der Waals surface area contributed by atoms with Crippen LogP contribution < -0.4 is 5.32 Å². The summed E-state index contributed by atoms with van der Waals surface area (Å²) in [6.07, 6.45) is 0.461. The van der Waals surface area contributed by atoms with Crippen molar-refractivity contribution in [1.82, 2.24) is 5.32 Å². The van der Waals surface area contributed by atoms with Gasteiger partial charge in [0.1, 0.15) is 5.60 Å². The van der Waals surface area contributed by atoms with E-state index in [1.165, 1.54) is 0 Å². The third-order valence-electron chi connectivity index (χ3n) is 2.49. The van der Waals surface area contributed by atoms with Gasteiger partial charge in [-0.05, 0) is 46.5 Å². The average Bonchev–Trinajstić information content (AvgIpc) is 2.22. The van der Waals surface area contributed by atoms with Crippen molar-refractivity contribution < 1.29 is 22.1 Å². The van der Waals surface area contributed by atoms with E-state index < -0.39 is 21.8 Å². The SMILES string of the molecule is CCOS(=O)(=O)CC[C@H](CC(C)C)NC(=O)OC(C)(C)C. The monoisotopic (exact) mass is 323 g/mol. The average molecular weight is 323 g/mol. The van der Waals surface area contributed by atoms with E-state index in [0.29, 0.717) is 18.8 Å². The van der Waals surface area contributed by atoms with Gasteiger partial charge in [0.2, 0.25) is 0 Å². The van der Waals surface area contributed by atoms with E-state index in [9.17, 15) is 13.2 Å². The van der Waals surface area contributed by atoms with Crippen LogP contribution in [0.3, 0.4) is 0 Å². The highest BCUT2D eigenvalue weighted by atomic mass is 32.2. The van der Waals surface area contributed by atoms with Gasteiger partial charge < -0.3 is 10.1 Å². The molecule has 0 aromatic heterocycles. The Morgan fingerprint density at radius 2 is 1.81 bits per heavy atom. The zero-order valence-corrected chi connectivity index (χ0v) is 14.7. The third-order valence-corrected chi connectivity index (χ3v) is 3.82. The molecule has 21 heavy (non-hydrogen) atoms. The van der Waals surface area contributed by atoms with Crippen LogP contribution in [0.5, 0.6) is 0 Å². The maximum atomic E-state index is 11.8. The van der Waals surface area contributed by atoms with Crippen LogP contribution in [0.25, 0.3) is 0 Å². The van der Waals surface area contributed by atoms with Crippen LogP contribution >= 0.6 is 0 Å². The molecule has 0 fully saturated rings. The maximum absolute atomic E-state index is 11.8. The zero-order valence-electron chi connectivity index (χ0n) is 13.9. The summed E-state index contributed by atoms with van der Waals surface area (Å²) in [5.74, 6) is 0.216. The molecule has 1 atom stereocenters. The summed E-state index contributed by atoms with van der Waals surface area (Å²) in [7, 11) is -3.53. The topological polar surface area (TPSA) is 81.7 Å². The summed E-state index contributed by atoms with van der Waals surface area (Å²) in [5, 5.41) is 2.74. The van der Waals surface area contributed by atoms with Gasteiger partial charge in [-0.25, -0.2) is 4.79 Å². The molecule has 0 unspecified atom stereocenters. The molecule has 0 aliphatic rings. The lowest BCUT2D eigenvalue weighted by molar-refractivity contribution is 0.0497. The Labute approximate surface area is 128 Å². The van der Waals surface area contributed by atoms with Crippen molar-refractivity contribution in [1.29, 1.82) is 0 Å². The van der Waals surface area contributed by atoms with E-state index in [1.807, 2.05) is 13.8 Å². The molecule has 0 saturated heterocycles. The molecule has 0 radical (unpaired) electrons. The molecule has 0 heterocycles. The fraction of sp³-hybridized carbons (Fsp3) is 0.929. The normalized spacial score (nSPS) is 14.0. The molecule has 0 aromatic carbocycles. The third kappa shape index (κ3) is 11.5. The lowest BCUT2D eigenvalue weighted by Gasteiger charge is -2.24. The number of nitrogens with one attached hydrogen (secondary N) is 1. The van der Waals surface area contributed by atoms with Gasteiger partial charge in [-0.3, -0.25) is 4.18 Å². The summed E-state index contributed by atoms with van der Waals surface area (Å²) >= 11 is 0. The molecule has 1 N–H and O–H groups in total. The maximum Gasteiger partial charge on any atom is 0.407 e. The molecule has 7 heteroatoms. The first kappa shape index (κ1) is 20.2. The Morgan fingerprint density at radius 1 is 1.24 bits per heavy atom. The second-order valence-corrected chi connectivity index (χ2v) is 8.19. The van der Waals surface area contributed by atoms with Crippen molar-refractivity contribution in [3.63, 3.8) is 0 Å². The van der Waals surface area contributed by atoms with E-state index >= 15 is 0 Å². The molecular weight excluding hydrogens is 294 g/mol. The molecule has 0 aromatic rings. The predicted octanol–water partition coefficient (Wildman–Crippen LogP) is 2.68. The van der Waals surface area contributed by atoms with Crippen LogP contribution in [0.1, 0.15) is 54.4 Å². The first-order valence-corrected chi connectivity index (χ1v) is 8.89. The van der Waals surface area contributed by atoms with Crippen molar-refractivity contribution in [2.45, 2.75) is 66.0 Å². The number of amides is 1. The molecule has 6 nitrogen and oxygen atoms in total. The molecule has 0 rings (SSSR count). The van der Waals surface area contributed by atoms with E-state index in [2.05, 4.69) is 5.32 Å². The zero-order chi connectivity index (χ0) is 16.7. The summed E-state index contributed by atoms with van der Waals surface area (Å²) in [6.45, 7) is 11.1. The minimum Gasteiger partial charge on any atom is -0.444 e. The van der Waals surface area contributed by atoms with Crippen LogP contribution in [0, 0.1) is 5.92 Å². The van der Waals surface area contributed by atoms with E-state index in [4.69, 9.17) is 8.92 Å². The highest BCUT2D eigenvalue weighted by Gasteiger charge is 2.22. The van der Waals surface area contributed by atoms with Crippen LogP contribution in [0.4, 0.5) is 4.79 Å². The lowest BCUT2D eigenvalue weighted by atomic mass is 10.0. The standard InChI is InChI=1S/C14H29NO5S/c1-7-19-21(17,18)9-8-12(10-11(2)3)15-13(16)20-14(4,5)6/h11-12H,7-10H2,1-6H3,(H,15,16)/t12-/m1/s1. The van der Waals surface area contributed by atoms with Crippen molar-refractivity contribution in [2.75, 3.05) is 12.4 Å². The van der Waals surface area contributed by atoms with Crippen molar-refractivity contribution in [2.24, 2.45) is 5.92 Å². The highest BCUT2D eigenvalue weighted by Crippen LogP contribution is 2.12. The highest BCUT2D eigenvalue weighted by molar-refractivity contribution is 7.86. The van der Waals surface area contributed by atoms with Crippen molar-refractivity contribution in [3.05, 3.63) is 0 Å². The molecule has 0 aliphatic carbocycles. The number of ether oxygens (including phenoxy) is 1. The number of rotatable bonds is 8. The molecular formula is C14H29NO5S. The Hall–Kier alpha value is -0.820. The van der Waals surface area contributed by atoms with E-state index in [1.54, 1.807) is 27.7 Å². The first-order valence-electron chi connectivity index (χ1n) is 7.31. The summed E-state index contributed by atoms with van der Waals surface area (Å²) < 4.78 is 33.0. The van der Waals surface area contributed by atoms with Gasteiger partial charge in [-0.15, -0.1) is 0 Å². The van der Waals surface area contributed by atoms with Gasteiger partial charge in [0.15, 0.2) is 0 Å².